The van der Waals surface area contributed by atoms with Crippen LogP contribution in [0.25, 0.3) is 28.7 Å². The number of fused-ring (bicyclic) bond motifs is 1. The average molecular weight is 903 g/mol. The lowest BCUT2D eigenvalue weighted by Crippen LogP contribution is -2.65. The van der Waals surface area contributed by atoms with Crippen LogP contribution in [0.2, 0.25) is 0 Å². The Hall–Kier alpha value is -5.44. The number of esters is 1. The van der Waals surface area contributed by atoms with Crippen LogP contribution in [-0.2, 0) is 33.2 Å². The molecule has 64 heavy (non-hydrogen) atoms. The summed E-state index contributed by atoms with van der Waals surface area (Å²) in [4.78, 5) is 24.5. The van der Waals surface area contributed by atoms with E-state index in [0.29, 0.717) is 5.56 Å². The van der Waals surface area contributed by atoms with Gasteiger partial charge in [-0.05, 0) is 48.0 Å². The Morgan fingerprint density at radius 3 is 1.89 bits per heavy atom. The Labute approximate surface area is 361 Å². The molecule has 0 amide bonds. The number of methoxy groups -OCH3 is 1. The molecule has 0 spiro atoms. The second-order valence-corrected chi connectivity index (χ2v) is 15.0. The molecule has 14 atom stereocenters. The highest BCUT2D eigenvalue weighted by atomic mass is 16.8. The number of carbonyl (C=O) groups excluding carboxylic acids is 1. The van der Waals surface area contributed by atoms with Crippen LogP contribution in [0.3, 0.4) is 0 Å². The maximum absolute atomic E-state index is 12.3. The molecule has 3 saturated heterocycles. The van der Waals surface area contributed by atoms with E-state index >= 15 is 0 Å². The molecule has 346 valence electrons. The van der Waals surface area contributed by atoms with Crippen molar-refractivity contribution in [3.63, 3.8) is 0 Å². The fourth-order valence-corrected chi connectivity index (χ4v) is 7.29. The largest absolute Gasteiger partial charge is 0.508 e. The van der Waals surface area contributed by atoms with E-state index in [0.717, 1.165) is 18.2 Å². The number of hydrogen-bond acceptors (Lipinski definition) is 22. The number of benzene rings is 3. The second kappa shape index (κ2) is 19.7. The summed E-state index contributed by atoms with van der Waals surface area (Å²) in [7, 11) is 1.30. The molecule has 2 unspecified atom stereocenters. The summed E-state index contributed by atoms with van der Waals surface area (Å²) >= 11 is 0. The number of aromatic hydroxyl groups is 3. The standard InChI is InChI=1S/C42H46O22/c1-56-25-10-18(5-8-22(25)47)37-26(13-21-23(48)11-20(46)12-24(21)58-37)59-40-35(54)32(51)38(27(14-43)60-40)64-42-36(55)33(52)39(28(15-44)61-42)63-41-34(53)31(50)29(62-41)16-57-30(49)9-4-17-2-6-19(45)7-3-17/h2-13,27-29,31-36,38-45,47-48,50-55H,14-16H2,1H3/t27-,28-,29-,31+,32-,33-,34-,35-,36-,38+,39-,40?,41+,42?/m1/s1. The third-order valence-electron chi connectivity index (χ3n) is 10.7. The molecule has 4 aliphatic heterocycles. The van der Waals surface area contributed by atoms with Gasteiger partial charge in [0.25, 0.3) is 0 Å². The van der Waals surface area contributed by atoms with Crippen LogP contribution < -0.4 is 14.9 Å². The highest BCUT2D eigenvalue weighted by Gasteiger charge is 2.54. The molecule has 22 heteroatoms. The lowest BCUT2D eigenvalue weighted by atomic mass is 9.96. The lowest BCUT2D eigenvalue weighted by molar-refractivity contribution is -0.363. The molecular weight excluding hydrogens is 856 g/mol. The summed E-state index contributed by atoms with van der Waals surface area (Å²) in [5, 5.41) is 117. The number of rotatable bonds is 14. The monoisotopic (exact) mass is 902 g/mol. The van der Waals surface area contributed by atoms with Crippen molar-refractivity contribution in [2.75, 3.05) is 26.9 Å². The predicted octanol–water partition coefficient (Wildman–Crippen LogP) is -1.73. The second-order valence-electron chi connectivity index (χ2n) is 15.0. The van der Waals surface area contributed by atoms with Crippen LogP contribution in [0.4, 0.5) is 0 Å². The van der Waals surface area contributed by atoms with Gasteiger partial charge in [0.05, 0.1) is 25.9 Å². The average Bonchev–Trinajstić information content (AvgIpc) is 3.55. The number of carbonyl (C=O) groups is 1. The maximum Gasteiger partial charge on any atom is 0.330 e. The first-order valence-corrected chi connectivity index (χ1v) is 19.7. The van der Waals surface area contributed by atoms with Crippen molar-refractivity contribution in [3.8, 4) is 51.4 Å². The smallest absolute Gasteiger partial charge is 0.330 e. The molecule has 7 rings (SSSR count). The Balaban J connectivity index is 1.01. The third-order valence-corrected chi connectivity index (χ3v) is 10.7. The Morgan fingerprint density at radius 1 is 0.672 bits per heavy atom. The number of phenols is 3. The first-order chi connectivity index (χ1) is 30.6. The van der Waals surface area contributed by atoms with Crippen molar-refractivity contribution in [2.24, 2.45) is 0 Å². The number of phenolic OH excluding ortho intramolecular Hbond substituents is 3. The van der Waals surface area contributed by atoms with E-state index in [1.807, 2.05) is 0 Å². The molecule has 2 aromatic rings. The molecule has 4 heterocycles. The van der Waals surface area contributed by atoms with Gasteiger partial charge in [-0.25, -0.2) is 4.79 Å². The molecule has 3 fully saturated rings. The molecule has 0 saturated carbocycles. The van der Waals surface area contributed by atoms with Crippen LogP contribution in [0.1, 0.15) is 5.56 Å². The van der Waals surface area contributed by atoms with Gasteiger partial charge >= 0.3 is 5.97 Å². The van der Waals surface area contributed by atoms with Gasteiger partial charge in [0.15, 0.2) is 41.0 Å². The minimum atomic E-state index is -2.03. The molecule has 1 aliphatic carbocycles. The highest BCUT2D eigenvalue weighted by Crippen LogP contribution is 2.43. The van der Waals surface area contributed by atoms with Crippen LogP contribution in [0.5, 0.6) is 28.7 Å². The Morgan fingerprint density at radius 2 is 1.27 bits per heavy atom. The van der Waals surface area contributed by atoms with E-state index in [2.05, 4.69) is 0 Å². The number of aliphatic hydroxyl groups excluding tert-OH is 8. The molecule has 5 aliphatic rings. The summed E-state index contributed by atoms with van der Waals surface area (Å²) in [6.07, 6.45) is -22.0. The van der Waals surface area contributed by atoms with Crippen molar-refractivity contribution in [1.82, 2.24) is 0 Å². The minimum Gasteiger partial charge on any atom is -0.508 e. The van der Waals surface area contributed by atoms with Gasteiger partial charge in [-0.15, -0.1) is 0 Å². The Kier molecular flexibility index (Phi) is 14.4. The zero-order chi connectivity index (χ0) is 46.0. The summed E-state index contributed by atoms with van der Waals surface area (Å²) in [5.41, 5.74) is 0.216. The van der Waals surface area contributed by atoms with Gasteiger partial charge in [0, 0.05) is 23.8 Å². The molecule has 0 aromatic heterocycles. The topological polar surface area (TPSA) is 344 Å². The van der Waals surface area contributed by atoms with Crippen molar-refractivity contribution < 1.29 is 103 Å². The Bertz CT molecular complexity index is 2280. The first-order valence-electron chi connectivity index (χ1n) is 19.7. The molecule has 0 bridgehead atoms. The van der Waals surface area contributed by atoms with E-state index in [1.165, 1.54) is 49.6 Å². The molecule has 2 aromatic carbocycles. The normalized spacial score (nSPS) is 31.9. The fraction of sp³-hybridized carbons (Fsp3) is 0.429. The lowest BCUT2D eigenvalue weighted by Gasteiger charge is -2.46. The van der Waals surface area contributed by atoms with Crippen LogP contribution in [0.15, 0.2) is 76.0 Å². The van der Waals surface area contributed by atoms with Crippen molar-refractivity contribution in [2.45, 2.75) is 86.0 Å². The van der Waals surface area contributed by atoms with E-state index < -0.39 is 123 Å². The van der Waals surface area contributed by atoms with E-state index in [-0.39, 0.29) is 45.6 Å². The van der Waals surface area contributed by atoms with E-state index in [9.17, 15) is 65.8 Å². The van der Waals surface area contributed by atoms with Crippen LogP contribution >= 0.6 is 0 Å². The minimum absolute atomic E-state index is 0.00000456. The SMILES string of the molecule is COc1cc(-c2oc3cc(=O)cc(O)c-3cc2OC2O[C@H](CO)[C@H](OC3O[C@H](CO)[C@@H](O[C@@H]4O[C@H](COC(=O)C=Cc5ccc(O)cc5)[C@H](O)[C@H]4O)[C@H](O)[C@H]3O)[C@H](O)[C@H]2O)ccc1O. The van der Waals surface area contributed by atoms with Gasteiger partial charge in [-0.1, -0.05) is 12.1 Å². The number of hydrogen-bond donors (Lipinski definition) is 11. The van der Waals surface area contributed by atoms with Crippen molar-refractivity contribution in [3.05, 3.63) is 82.5 Å². The number of aliphatic hydroxyl groups is 8. The molecular formula is C42H46O22. The van der Waals surface area contributed by atoms with Crippen LogP contribution in [-0.4, -0.2) is 175 Å². The van der Waals surface area contributed by atoms with Crippen LogP contribution in [0, 0.1) is 0 Å². The molecule has 0 radical (unpaired) electrons. The fourth-order valence-electron chi connectivity index (χ4n) is 7.29. The third kappa shape index (κ3) is 9.79. The van der Waals surface area contributed by atoms with Gasteiger partial charge in [0.1, 0.15) is 91.0 Å². The highest BCUT2D eigenvalue weighted by molar-refractivity contribution is 5.87. The van der Waals surface area contributed by atoms with Crippen molar-refractivity contribution >= 4 is 12.0 Å². The van der Waals surface area contributed by atoms with E-state index in [4.69, 9.17) is 42.3 Å². The first kappa shape index (κ1) is 46.5. The van der Waals surface area contributed by atoms with Gasteiger partial charge < -0.3 is 98.5 Å². The summed E-state index contributed by atoms with van der Waals surface area (Å²) in [6, 6.07) is 13.3. The molecule has 11 N–H and O–H groups in total. The quantitative estimate of drug-likeness (QED) is 0.0495. The summed E-state index contributed by atoms with van der Waals surface area (Å²) in [5.74, 6) is -1.89. The van der Waals surface area contributed by atoms with Gasteiger partial charge in [-0.3, -0.25) is 4.79 Å². The van der Waals surface area contributed by atoms with Crippen molar-refractivity contribution in [1.29, 1.82) is 0 Å². The summed E-state index contributed by atoms with van der Waals surface area (Å²) in [6.45, 7) is -2.33. The number of ether oxygens (including phenoxy) is 8. The zero-order valence-corrected chi connectivity index (χ0v) is 33.5. The summed E-state index contributed by atoms with van der Waals surface area (Å²) < 4.78 is 50.7. The van der Waals surface area contributed by atoms with E-state index in [1.54, 1.807) is 12.1 Å². The predicted molar refractivity (Wildman–Crippen MR) is 212 cm³/mol. The van der Waals surface area contributed by atoms with Gasteiger partial charge in [0.2, 0.25) is 6.29 Å². The maximum atomic E-state index is 12.3. The molecule has 22 nitrogen and oxygen atoms in total. The zero-order valence-electron chi connectivity index (χ0n) is 33.5. The van der Waals surface area contributed by atoms with Gasteiger partial charge in [-0.2, -0.15) is 0 Å².